The zero-order valence-electron chi connectivity index (χ0n) is 12.4. The van der Waals surface area contributed by atoms with Crippen LogP contribution in [0.4, 0.5) is 4.79 Å². The lowest BCUT2D eigenvalue weighted by molar-refractivity contribution is 0.115. The average Bonchev–Trinajstić information content (AvgIpc) is 3.03. The van der Waals surface area contributed by atoms with E-state index in [0.29, 0.717) is 12.6 Å². The number of nitrogens with zero attached hydrogens (tertiary/aromatic N) is 2. The molecule has 1 saturated heterocycles. The van der Waals surface area contributed by atoms with Crippen LogP contribution in [0.2, 0.25) is 0 Å². The van der Waals surface area contributed by atoms with Crippen molar-refractivity contribution >= 4 is 17.4 Å². The second kappa shape index (κ2) is 7.04. The van der Waals surface area contributed by atoms with Gasteiger partial charge in [0.15, 0.2) is 0 Å². The van der Waals surface area contributed by atoms with Gasteiger partial charge in [0.1, 0.15) is 0 Å². The maximum atomic E-state index is 11.6. The minimum absolute atomic E-state index is 0.195. The van der Waals surface area contributed by atoms with E-state index in [2.05, 4.69) is 24.1 Å². The van der Waals surface area contributed by atoms with Crippen LogP contribution in [0.15, 0.2) is 0 Å². The summed E-state index contributed by atoms with van der Waals surface area (Å²) in [6.07, 6.45) is 1.78. The van der Waals surface area contributed by atoms with Gasteiger partial charge in [0, 0.05) is 30.6 Å². The summed E-state index contributed by atoms with van der Waals surface area (Å²) in [5.74, 6) is 0. The first-order valence-electron chi connectivity index (χ1n) is 7.24. The number of carbonyl (C=O) groups is 1. The van der Waals surface area contributed by atoms with Crippen molar-refractivity contribution in [2.24, 2.45) is 0 Å². The average molecular weight is 297 g/mol. The van der Waals surface area contributed by atoms with Gasteiger partial charge in [0.2, 0.25) is 0 Å². The summed E-state index contributed by atoms with van der Waals surface area (Å²) in [7, 11) is 0. The number of carbonyl (C=O) groups excluding carboxylic acids is 1. The molecule has 1 fully saturated rings. The fraction of sp³-hybridized carbons (Fsp3) is 0.714. The van der Waals surface area contributed by atoms with E-state index in [9.17, 15) is 4.79 Å². The van der Waals surface area contributed by atoms with Crippen LogP contribution in [0, 0.1) is 6.92 Å². The number of aromatic nitrogens is 1. The molecule has 1 aliphatic heterocycles. The van der Waals surface area contributed by atoms with Crippen LogP contribution in [0.3, 0.4) is 0 Å². The lowest BCUT2D eigenvalue weighted by atomic mass is 10.2. The normalized spacial score (nSPS) is 18.6. The lowest BCUT2D eigenvalue weighted by Gasteiger charge is -2.16. The van der Waals surface area contributed by atoms with Gasteiger partial charge < -0.3 is 15.0 Å². The number of aryl methyl sites for hydroxylation is 2. The van der Waals surface area contributed by atoms with E-state index in [1.54, 1.807) is 16.2 Å². The van der Waals surface area contributed by atoms with Crippen molar-refractivity contribution in [3.8, 4) is 0 Å². The maximum Gasteiger partial charge on any atom is 0.409 e. The molecule has 1 atom stereocenters. The van der Waals surface area contributed by atoms with Crippen LogP contribution in [0.1, 0.15) is 35.8 Å². The number of hydrogen-bond acceptors (Lipinski definition) is 5. The van der Waals surface area contributed by atoms with Gasteiger partial charge in [0.25, 0.3) is 0 Å². The van der Waals surface area contributed by atoms with Crippen molar-refractivity contribution in [3.63, 3.8) is 0 Å². The van der Waals surface area contributed by atoms with Gasteiger partial charge in [-0.25, -0.2) is 9.78 Å². The van der Waals surface area contributed by atoms with Crippen molar-refractivity contribution in [3.05, 3.63) is 15.6 Å². The highest BCUT2D eigenvalue weighted by molar-refractivity contribution is 7.11. The molecule has 6 heteroatoms. The highest BCUT2D eigenvalue weighted by Crippen LogP contribution is 2.19. The number of hydrogen-bond donors (Lipinski definition) is 1. The van der Waals surface area contributed by atoms with E-state index in [-0.39, 0.29) is 6.09 Å². The van der Waals surface area contributed by atoms with Crippen LogP contribution in [0.5, 0.6) is 0 Å². The molecule has 1 N–H and O–H groups in total. The van der Waals surface area contributed by atoms with Gasteiger partial charge in [-0.2, -0.15) is 0 Å². The van der Waals surface area contributed by atoms with Gasteiger partial charge in [-0.05, 0) is 26.7 Å². The molecule has 0 radical (unpaired) electrons. The Kier molecular flexibility index (Phi) is 5.37. The van der Waals surface area contributed by atoms with Gasteiger partial charge in [-0.3, -0.25) is 0 Å². The number of rotatable bonds is 5. The Morgan fingerprint density at radius 1 is 1.55 bits per heavy atom. The zero-order valence-corrected chi connectivity index (χ0v) is 13.3. The molecule has 1 aliphatic rings. The summed E-state index contributed by atoms with van der Waals surface area (Å²) in [4.78, 5) is 19.2. The number of likely N-dealkylation sites (tertiary alicyclic amines) is 1. The van der Waals surface area contributed by atoms with Crippen LogP contribution < -0.4 is 5.32 Å². The molecule has 0 bridgehead atoms. The van der Waals surface area contributed by atoms with E-state index in [1.807, 2.05) is 6.92 Å². The van der Waals surface area contributed by atoms with Crippen molar-refractivity contribution in [1.29, 1.82) is 0 Å². The van der Waals surface area contributed by atoms with E-state index in [1.165, 1.54) is 9.88 Å². The minimum Gasteiger partial charge on any atom is -0.450 e. The zero-order chi connectivity index (χ0) is 14.5. The van der Waals surface area contributed by atoms with Crippen molar-refractivity contribution in [2.45, 2.75) is 46.2 Å². The van der Waals surface area contributed by atoms with Crippen LogP contribution in [-0.2, 0) is 17.7 Å². The quantitative estimate of drug-likeness (QED) is 0.906. The van der Waals surface area contributed by atoms with E-state index < -0.39 is 0 Å². The largest absolute Gasteiger partial charge is 0.450 e. The van der Waals surface area contributed by atoms with Gasteiger partial charge in [0.05, 0.1) is 17.3 Å². The molecule has 0 saturated carbocycles. The molecular weight excluding hydrogens is 274 g/mol. The predicted molar refractivity (Wildman–Crippen MR) is 80.1 cm³/mol. The molecular formula is C14H23N3O2S. The monoisotopic (exact) mass is 297 g/mol. The van der Waals surface area contributed by atoms with E-state index in [4.69, 9.17) is 4.74 Å². The smallest absolute Gasteiger partial charge is 0.409 e. The summed E-state index contributed by atoms with van der Waals surface area (Å²) < 4.78 is 5.03. The van der Waals surface area contributed by atoms with Gasteiger partial charge in [-0.1, -0.05) is 6.92 Å². The van der Waals surface area contributed by atoms with E-state index in [0.717, 1.165) is 38.2 Å². The molecule has 1 aromatic rings. The molecule has 2 heterocycles. The molecule has 5 nitrogen and oxygen atoms in total. The first kappa shape index (κ1) is 15.3. The second-order valence-corrected chi connectivity index (χ2v) is 6.15. The van der Waals surface area contributed by atoms with Gasteiger partial charge >= 0.3 is 6.09 Å². The lowest BCUT2D eigenvalue weighted by Crippen LogP contribution is -2.35. The van der Waals surface area contributed by atoms with Crippen LogP contribution >= 0.6 is 11.3 Å². The summed E-state index contributed by atoms with van der Waals surface area (Å²) in [5.41, 5.74) is 1.12. The van der Waals surface area contributed by atoms with Crippen LogP contribution in [-0.4, -0.2) is 41.7 Å². The summed E-state index contributed by atoms with van der Waals surface area (Å²) in [6, 6.07) is 0.353. The van der Waals surface area contributed by atoms with Crippen molar-refractivity contribution in [1.82, 2.24) is 15.2 Å². The molecule has 1 amide bonds. The summed E-state index contributed by atoms with van der Waals surface area (Å²) in [6.45, 7) is 8.81. The molecule has 1 unspecified atom stereocenters. The Morgan fingerprint density at radius 2 is 2.35 bits per heavy atom. The molecule has 112 valence electrons. The first-order valence-corrected chi connectivity index (χ1v) is 8.05. The molecule has 1 aromatic heterocycles. The first-order chi connectivity index (χ1) is 9.63. The van der Waals surface area contributed by atoms with Crippen LogP contribution in [0.25, 0.3) is 0 Å². The SMILES string of the molecule is CCOC(=O)N1CCC(NCc2sc(CC)nc2C)C1. The molecule has 0 aliphatic carbocycles. The molecule has 0 aromatic carbocycles. The Labute approximate surface area is 124 Å². The minimum atomic E-state index is -0.195. The molecule has 0 spiro atoms. The number of amides is 1. The third-order valence-corrected chi connectivity index (χ3v) is 4.81. The number of thiazole rings is 1. The van der Waals surface area contributed by atoms with Crippen molar-refractivity contribution < 1.29 is 9.53 Å². The second-order valence-electron chi connectivity index (χ2n) is 4.98. The number of ether oxygens (including phenoxy) is 1. The highest BCUT2D eigenvalue weighted by atomic mass is 32.1. The summed E-state index contributed by atoms with van der Waals surface area (Å²) >= 11 is 1.78. The third-order valence-electron chi connectivity index (χ3n) is 3.50. The predicted octanol–water partition coefficient (Wildman–Crippen LogP) is 2.33. The fourth-order valence-electron chi connectivity index (χ4n) is 2.35. The Bertz CT molecular complexity index is 461. The maximum absolute atomic E-state index is 11.6. The number of nitrogens with one attached hydrogen (secondary N) is 1. The molecule has 20 heavy (non-hydrogen) atoms. The Hall–Kier alpha value is -1.14. The highest BCUT2D eigenvalue weighted by Gasteiger charge is 2.26. The third kappa shape index (κ3) is 3.70. The van der Waals surface area contributed by atoms with Crippen molar-refractivity contribution in [2.75, 3.05) is 19.7 Å². The molecule has 2 rings (SSSR count). The van der Waals surface area contributed by atoms with E-state index >= 15 is 0 Å². The topological polar surface area (TPSA) is 54.5 Å². The Morgan fingerprint density at radius 3 is 3.00 bits per heavy atom. The summed E-state index contributed by atoms with van der Waals surface area (Å²) in [5, 5.41) is 4.72. The standard InChI is InChI=1S/C14H23N3O2S/c1-4-13-16-10(3)12(20-13)8-15-11-6-7-17(9-11)14(18)19-5-2/h11,15H,4-9H2,1-3H3. The fourth-order valence-corrected chi connectivity index (χ4v) is 3.31. The Balaban J connectivity index is 1.80. The van der Waals surface area contributed by atoms with Gasteiger partial charge in [-0.15, -0.1) is 11.3 Å².